The van der Waals surface area contributed by atoms with Gasteiger partial charge in [0.2, 0.25) is 0 Å². The number of nitrogens with one attached hydrogen (secondary N) is 1. The first-order chi connectivity index (χ1) is 16.8. The van der Waals surface area contributed by atoms with Gasteiger partial charge in [-0.25, -0.2) is 14.2 Å². The highest BCUT2D eigenvalue weighted by Gasteiger charge is 2.25. The number of hydrogen-bond acceptors (Lipinski definition) is 9. The summed E-state index contributed by atoms with van der Waals surface area (Å²) in [7, 11) is 1.39. The molecule has 0 saturated carbocycles. The Morgan fingerprint density at radius 1 is 1.34 bits per heavy atom. The fraction of sp³-hybridized carbons (Fsp3) is 0.391. The van der Waals surface area contributed by atoms with Crippen molar-refractivity contribution in [2.75, 3.05) is 46.5 Å². The first-order valence-electron chi connectivity index (χ1n) is 10.8. The number of carboxylic acids is 1. The van der Waals surface area contributed by atoms with E-state index in [9.17, 15) is 14.0 Å². The van der Waals surface area contributed by atoms with Crippen molar-refractivity contribution in [2.24, 2.45) is 4.99 Å². The van der Waals surface area contributed by atoms with Crippen molar-refractivity contribution < 1.29 is 28.6 Å². The third kappa shape index (κ3) is 10.2. The van der Waals surface area contributed by atoms with Gasteiger partial charge in [0, 0.05) is 47.8 Å². The number of amidine groups is 1. The summed E-state index contributed by atoms with van der Waals surface area (Å²) in [4.78, 5) is 32.3. The Morgan fingerprint density at radius 2 is 2.06 bits per heavy atom. The van der Waals surface area contributed by atoms with E-state index < -0.39 is 5.97 Å². The molecule has 2 aromatic rings. The lowest BCUT2D eigenvalue weighted by molar-refractivity contribution is -0.137. The molecule has 35 heavy (non-hydrogen) atoms. The SMILES string of the molecule is CCC(=O)O.COC(=O)C1=C(CN2CCOCC2)NC(c2nccs2)=NC1.Fc1cccc(Br)c1. The van der Waals surface area contributed by atoms with Crippen molar-refractivity contribution in [1.82, 2.24) is 15.2 Å². The minimum absolute atomic E-state index is 0.209. The second kappa shape index (κ2) is 15.4. The predicted molar refractivity (Wildman–Crippen MR) is 135 cm³/mol. The fourth-order valence-electron chi connectivity index (χ4n) is 2.86. The number of esters is 1. The minimum Gasteiger partial charge on any atom is -0.481 e. The van der Waals surface area contributed by atoms with Crippen LogP contribution < -0.4 is 5.32 Å². The highest BCUT2D eigenvalue weighted by molar-refractivity contribution is 9.10. The number of carbonyl (C=O) groups is 2. The number of aliphatic carboxylic acids is 1. The van der Waals surface area contributed by atoms with Gasteiger partial charge in [0.15, 0.2) is 10.8 Å². The molecule has 2 N–H and O–H groups in total. The van der Waals surface area contributed by atoms with E-state index in [0.717, 1.165) is 28.3 Å². The Morgan fingerprint density at radius 3 is 2.57 bits per heavy atom. The number of carboxylic acid groups (broad SMARTS) is 1. The van der Waals surface area contributed by atoms with Crippen LogP contribution in [0.15, 0.2) is 56.6 Å². The maximum absolute atomic E-state index is 12.1. The van der Waals surface area contributed by atoms with E-state index in [1.165, 1.54) is 30.6 Å². The Labute approximate surface area is 215 Å². The summed E-state index contributed by atoms with van der Waals surface area (Å²) < 4.78 is 23.1. The molecule has 1 aromatic carbocycles. The molecule has 3 heterocycles. The first kappa shape index (κ1) is 28.6. The number of rotatable bonds is 5. The minimum atomic E-state index is -0.745. The van der Waals surface area contributed by atoms with Gasteiger partial charge in [0.1, 0.15) is 5.82 Å². The van der Waals surface area contributed by atoms with Crippen LogP contribution in [0.4, 0.5) is 4.39 Å². The van der Waals surface area contributed by atoms with E-state index in [0.29, 0.717) is 37.7 Å². The van der Waals surface area contributed by atoms with E-state index in [1.54, 1.807) is 25.3 Å². The fourth-order valence-corrected chi connectivity index (χ4v) is 3.83. The molecule has 0 unspecified atom stereocenters. The molecule has 0 atom stereocenters. The third-order valence-corrected chi connectivity index (χ3v) is 5.94. The quantitative estimate of drug-likeness (QED) is 0.526. The molecule has 0 bridgehead atoms. The summed E-state index contributed by atoms with van der Waals surface area (Å²) in [5.74, 6) is -0.576. The molecule has 0 aliphatic carbocycles. The van der Waals surface area contributed by atoms with Crippen LogP contribution in [0.3, 0.4) is 0 Å². The second-order valence-corrected chi connectivity index (χ2v) is 8.96. The van der Waals surface area contributed by atoms with Gasteiger partial charge in [-0.15, -0.1) is 11.3 Å². The zero-order valence-corrected chi connectivity index (χ0v) is 21.9. The maximum atomic E-state index is 12.1. The molecule has 1 saturated heterocycles. The average molecular weight is 571 g/mol. The largest absolute Gasteiger partial charge is 0.481 e. The number of benzene rings is 1. The van der Waals surface area contributed by atoms with E-state index in [1.807, 2.05) is 5.38 Å². The monoisotopic (exact) mass is 570 g/mol. The van der Waals surface area contributed by atoms with Crippen molar-refractivity contribution in [3.05, 3.63) is 62.4 Å². The summed E-state index contributed by atoms with van der Waals surface area (Å²) in [5, 5.41) is 13.7. The van der Waals surface area contributed by atoms with Crippen LogP contribution >= 0.6 is 27.3 Å². The van der Waals surface area contributed by atoms with E-state index >= 15 is 0 Å². The highest BCUT2D eigenvalue weighted by atomic mass is 79.9. The van der Waals surface area contributed by atoms with Crippen LogP contribution in [0.1, 0.15) is 18.4 Å². The van der Waals surface area contributed by atoms with E-state index in [4.69, 9.17) is 14.6 Å². The van der Waals surface area contributed by atoms with Crippen LogP contribution in [0.2, 0.25) is 0 Å². The van der Waals surface area contributed by atoms with Gasteiger partial charge < -0.3 is 19.9 Å². The van der Waals surface area contributed by atoms with Crippen LogP contribution in [0.5, 0.6) is 0 Å². The van der Waals surface area contributed by atoms with Crippen molar-refractivity contribution in [3.63, 3.8) is 0 Å². The number of aliphatic imine (C=N–C) groups is 1. The van der Waals surface area contributed by atoms with Crippen molar-refractivity contribution >= 4 is 45.0 Å². The van der Waals surface area contributed by atoms with E-state index in [2.05, 4.69) is 36.1 Å². The third-order valence-electron chi connectivity index (χ3n) is 4.67. The number of nitrogens with zero attached hydrogens (tertiary/aromatic N) is 3. The summed E-state index contributed by atoms with van der Waals surface area (Å²) in [6.45, 7) is 5.70. The molecule has 1 fully saturated rings. The van der Waals surface area contributed by atoms with Gasteiger partial charge in [-0.05, 0) is 18.2 Å². The van der Waals surface area contributed by atoms with Crippen LogP contribution in [0.25, 0.3) is 0 Å². The summed E-state index contributed by atoms with van der Waals surface area (Å²) in [6.07, 6.45) is 1.96. The van der Waals surface area contributed by atoms with Gasteiger partial charge in [0.25, 0.3) is 0 Å². The lowest BCUT2D eigenvalue weighted by atomic mass is 10.1. The highest BCUT2D eigenvalue weighted by Crippen LogP contribution is 2.16. The molecule has 4 rings (SSSR count). The van der Waals surface area contributed by atoms with Gasteiger partial charge >= 0.3 is 11.9 Å². The Hall–Kier alpha value is -2.67. The normalized spacial score (nSPS) is 15.5. The molecule has 2 aliphatic heterocycles. The van der Waals surface area contributed by atoms with Crippen LogP contribution in [0, 0.1) is 5.82 Å². The number of hydrogen-bond donors (Lipinski definition) is 2. The molecule has 2 aliphatic rings. The van der Waals surface area contributed by atoms with Gasteiger partial charge in [-0.3, -0.25) is 14.7 Å². The topological polar surface area (TPSA) is 113 Å². The van der Waals surface area contributed by atoms with Crippen LogP contribution in [-0.4, -0.2) is 79.3 Å². The molecular formula is C23H28BrFN4O5S. The zero-order valence-electron chi connectivity index (χ0n) is 19.5. The molecule has 190 valence electrons. The summed E-state index contributed by atoms with van der Waals surface area (Å²) in [6, 6.07) is 6.26. The van der Waals surface area contributed by atoms with Gasteiger partial charge in [-0.1, -0.05) is 28.9 Å². The smallest absolute Gasteiger partial charge is 0.337 e. The number of thiazole rings is 1. The molecular weight excluding hydrogens is 543 g/mol. The number of carbonyl (C=O) groups excluding carboxylic acids is 1. The van der Waals surface area contributed by atoms with Gasteiger partial charge in [0.05, 0.1) is 32.4 Å². The number of halogens is 2. The van der Waals surface area contributed by atoms with Crippen molar-refractivity contribution in [3.8, 4) is 0 Å². The van der Waals surface area contributed by atoms with Gasteiger partial charge in [-0.2, -0.15) is 0 Å². The molecule has 0 amide bonds. The van der Waals surface area contributed by atoms with E-state index in [-0.39, 0.29) is 18.2 Å². The lowest BCUT2D eigenvalue weighted by Gasteiger charge is -2.29. The number of methoxy groups -OCH3 is 1. The number of ether oxygens (including phenoxy) is 2. The molecule has 12 heteroatoms. The predicted octanol–water partition coefficient (Wildman–Crippen LogP) is 3.32. The van der Waals surface area contributed by atoms with Crippen molar-refractivity contribution in [2.45, 2.75) is 13.3 Å². The molecule has 0 radical (unpaired) electrons. The Bertz CT molecular complexity index is 1010. The Balaban J connectivity index is 0.000000273. The molecule has 9 nitrogen and oxygen atoms in total. The summed E-state index contributed by atoms with van der Waals surface area (Å²) >= 11 is 4.64. The van der Waals surface area contributed by atoms with Crippen molar-refractivity contribution in [1.29, 1.82) is 0 Å². The number of aromatic nitrogens is 1. The Kier molecular flexibility index (Phi) is 12.5. The molecule has 1 aromatic heterocycles. The standard InChI is InChI=1S/C14H18N4O3S.C6H4BrF.C3H6O2/c1-20-14(19)10-8-16-12(13-15-2-7-22-13)17-11(10)9-18-3-5-21-6-4-18;7-5-2-1-3-6(8)4-5;1-2-3(4)5/h2,7H,3-6,8-9H2,1H3,(H,16,17);1-4H;2H2,1H3,(H,4,5). The number of morpholine rings is 1. The van der Waals surface area contributed by atoms with Crippen LogP contribution in [-0.2, 0) is 19.1 Å². The first-order valence-corrected chi connectivity index (χ1v) is 12.5. The zero-order chi connectivity index (χ0) is 25.6. The maximum Gasteiger partial charge on any atom is 0.337 e. The molecule has 0 spiro atoms. The lowest BCUT2D eigenvalue weighted by Crippen LogP contribution is -2.42. The average Bonchev–Trinajstić information content (AvgIpc) is 3.40. The second-order valence-electron chi connectivity index (χ2n) is 7.15. The summed E-state index contributed by atoms with van der Waals surface area (Å²) in [5.41, 5.74) is 1.42.